The Morgan fingerprint density at radius 3 is 2.57 bits per heavy atom. The van der Waals surface area contributed by atoms with Gasteiger partial charge < -0.3 is 25.3 Å². The second-order valence-corrected chi connectivity index (χ2v) is 3.96. The molecule has 0 aliphatic rings. The molecular formula is C6H16NO6P. The van der Waals surface area contributed by atoms with Crippen molar-refractivity contribution in [3.05, 3.63) is 0 Å². The molecule has 0 rings (SSSR count). The third-order valence-electron chi connectivity index (χ3n) is 1.33. The van der Waals surface area contributed by atoms with Gasteiger partial charge in [-0.1, -0.05) is 0 Å². The summed E-state index contributed by atoms with van der Waals surface area (Å²) < 4.78 is 14.3. The summed E-state index contributed by atoms with van der Waals surface area (Å²) in [6.07, 6.45) is -0.409. The highest BCUT2D eigenvalue weighted by Crippen LogP contribution is 2.35. The van der Waals surface area contributed by atoms with Crippen LogP contribution >= 0.6 is 7.82 Å². The van der Waals surface area contributed by atoms with E-state index in [0.717, 1.165) is 0 Å². The Bertz CT molecular complexity index is 183. The molecule has 1 unspecified atom stereocenters. The van der Waals surface area contributed by atoms with Gasteiger partial charge in [0.2, 0.25) is 0 Å². The van der Waals surface area contributed by atoms with E-state index in [0.29, 0.717) is 13.0 Å². The van der Waals surface area contributed by atoms with E-state index in [1.54, 1.807) is 0 Å². The van der Waals surface area contributed by atoms with Crippen molar-refractivity contribution in [2.45, 2.75) is 12.5 Å². The predicted molar refractivity (Wildman–Crippen MR) is 48.6 cm³/mol. The summed E-state index contributed by atoms with van der Waals surface area (Å²) in [6.45, 7) is 0.335. The van der Waals surface area contributed by atoms with E-state index >= 15 is 0 Å². The standard InChI is InChI=1S/C6H16NO6P/c8-3-1-2-7-4-6(9)5-13-14(10,11)12/h6-9H,1-5H2,(H2,10,11,12). The molecule has 5 N–H and O–H groups in total. The van der Waals surface area contributed by atoms with E-state index in [4.69, 9.17) is 20.0 Å². The van der Waals surface area contributed by atoms with Crippen molar-refractivity contribution < 1.29 is 29.1 Å². The van der Waals surface area contributed by atoms with Crippen molar-refractivity contribution in [3.8, 4) is 0 Å². The van der Waals surface area contributed by atoms with Crippen LogP contribution in [-0.2, 0) is 9.09 Å². The van der Waals surface area contributed by atoms with Gasteiger partial charge in [0.15, 0.2) is 0 Å². The van der Waals surface area contributed by atoms with Crippen molar-refractivity contribution in [3.63, 3.8) is 0 Å². The van der Waals surface area contributed by atoms with Gasteiger partial charge in [0.1, 0.15) is 0 Å². The maximum atomic E-state index is 10.2. The minimum atomic E-state index is -4.49. The van der Waals surface area contributed by atoms with E-state index in [2.05, 4.69) is 9.84 Å². The van der Waals surface area contributed by atoms with E-state index in [1.807, 2.05) is 0 Å². The third-order valence-corrected chi connectivity index (χ3v) is 1.81. The van der Waals surface area contributed by atoms with Crippen LogP contribution in [0.25, 0.3) is 0 Å². The zero-order valence-electron chi connectivity index (χ0n) is 7.67. The molecule has 0 bridgehead atoms. The number of phosphoric ester groups is 1. The Morgan fingerprint density at radius 1 is 1.43 bits per heavy atom. The summed E-state index contributed by atoms with van der Waals surface area (Å²) >= 11 is 0. The lowest BCUT2D eigenvalue weighted by atomic mass is 10.3. The summed E-state index contributed by atoms with van der Waals surface area (Å²) in [5, 5.41) is 20.3. The molecule has 7 nitrogen and oxygen atoms in total. The average Bonchev–Trinajstić information content (AvgIpc) is 2.08. The van der Waals surface area contributed by atoms with Crippen molar-refractivity contribution in [1.29, 1.82) is 0 Å². The number of phosphoric acid groups is 1. The third kappa shape index (κ3) is 10.1. The van der Waals surface area contributed by atoms with Gasteiger partial charge >= 0.3 is 7.82 Å². The Labute approximate surface area is 82.0 Å². The van der Waals surface area contributed by atoms with Gasteiger partial charge in [0, 0.05) is 13.2 Å². The molecule has 0 fully saturated rings. The van der Waals surface area contributed by atoms with Crippen LogP contribution in [0.3, 0.4) is 0 Å². The highest BCUT2D eigenvalue weighted by molar-refractivity contribution is 7.46. The Balaban J connectivity index is 3.37. The van der Waals surface area contributed by atoms with Gasteiger partial charge in [0.05, 0.1) is 12.7 Å². The van der Waals surface area contributed by atoms with Crippen molar-refractivity contribution >= 4 is 7.82 Å². The first kappa shape index (κ1) is 14.0. The van der Waals surface area contributed by atoms with Crippen LogP contribution in [0.2, 0.25) is 0 Å². The van der Waals surface area contributed by atoms with Gasteiger partial charge in [0.25, 0.3) is 0 Å². The molecule has 0 aromatic rings. The van der Waals surface area contributed by atoms with Crippen molar-refractivity contribution in [2.75, 3.05) is 26.3 Å². The lowest BCUT2D eigenvalue weighted by Crippen LogP contribution is -2.31. The lowest BCUT2D eigenvalue weighted by molar-refractivity contribution is 0.0843. The molecule has 0 saturated carbocycles. The van der Waals surface area contributed by atoms with E-state index in [1.165, 1.54) is 0 Å². The molecule has 0 amide bonds. The molecule has 0 aliphatic heterocycles. The first-order chi connectivity index (χ1) is 6.45. The fourth-order valence-corrected chi connectivity index (χ4v) is 1.08. The SMILES string of the molecule is O=P(O)(O)OCC(O)CNCCCO. The molecule has 14 heavy (non-hydrogen) atoms. The largest absolute Gasteiger partial charge is 0.469 e. The number of rotatable bonds is 8. The summed E-state index contributed by atoms with van der Waals surface area (Å²) in [5.74, 6) is 0. The summed E-state index contributed by atoms with van der Waals surface area (Å²) in [7, 11) is -4.49. The molecule has 0 heterocycles. The normalized spacial score (nSPS) is 14.3. The van der Waals surface area contributed by atoms with Gasteiger partial charge in [-0.15, -0.1) is 0 Å². The quantitative estimate of drug-likeness (QED) is 0.252. The minimum Gasteiger partial charge on any atom is -0.396 e. The molecule has 0 spiro atoms. The van der Waals surface area contributed by atoms with Gasteiger partial charge in [-0.3, -0.25) is 4.52 Å². The monoisotopic (exact) mass is 229 g/mol. The maximum Gasteiger partial charge on any atom is 0.469 e. The van der Waals surface area contributed by atoms with Crippen molar-refractivity contribution in [1.82, 2.24) is 5.32 Å². The Kier molecular flexibility index (Phi) is 7.30. The topological polar surface area (TPSA) is 119 Å². The van der Waals surface area contributed by atoms with E-state index in [-0.39, 0.29) is 13.2 Å². The molecule has 0 aromatic carbocycles. The second kappa shape index (κ2) is 7.30. The first-order valence-electron chi connectivity index (χ1n) is 4.15. The number of aliphatic hydroxyl groups excluding tert-OH is 2. The van der Waals surface area contributed by atoms with Crippen LogP contribution < -0.4 is 5.32 Å². The van der Waals surface area contributed by atoms with Crippen LogP contribution in [0.5, 0.6) is 0 Å². The van der Waals surface area contributed by atoms with Crippen LogP contribution in [0.15, 0.2) is 0 Å². The highest BCUT2D eigenvalue weighted by Gasteiger charge is 2.16. The average molecular weight is 229 g/mol. The highest BCUT2D eigenvalue weighted by atomic mass is 31.2. The first-order valence-corrected chi connectivity index (χ1v) is 5.68. The van der Waals surface area contributed by atoms with E-state index < -0.39 is 20.5 Å². The molecule has 0 aromatic heterocycles. The van der Waals surface area contributed by atoms with Crippen LogP contribution in [-0.4, -0.2) is 52.4 Å². The van der Waals surface area contributed by atoms with Crippen molar-refractivity contribution in [2.24, 2.45) is 0 Å². The number of hydrogen-bond donors (Lipinski definition) is 5. The fraction of sp³-hybridized carbons (Fsp3) is 1.00. The fourth-order valence-electron chi connectivity index (χ4n) is 0.715. The van der Waals surface area contributed by atoms with Gasteiger partial charge in [-0.05, 0) is 13.0 Å². The number of nitrogens with one attached hydrogen (secondary N) is 1. The summed E-state index contributed by atoms with van der Waals surface area (Å²) in [4.78, 5) is 16.6. The Morgan fingerprint density at radius 2 is 2.07 bits per heavy atom. The zero-order chi connectivity index (χ0) is 11.0. The predicted octanol–water partition coefficient (Wildman–Crippen LogP) is -1.57. The molecule has 8 heteroatoms. The molecular weight excluding hydrogens is 213 g/mol. The molecule has 1 atom stereocenters. The minimum absolute atomic E-state index is 0.0576. The van der Waals surface area contributed by atoms with Crippen LogP contribution in [0, 0.1) is 0 Å². The van der Waals surface area contributed by atoms with E-state index in [9.17, 15) is 4.57 Å². The number of hydrogen-bond acceptors (Lipinski definition) is 5. The molecule has 0 radical (unpaired) electrons. The van der Waals surface area contributed by atoms with Crippen LogP contribution in [0.1, 0.15) is 6.42 Å². The lowest BCUT2D eigenvalue weighted by Gasteiger charge is -2.12. The van der Waals surface area contributed by atoms with Gasteiger partial charge in [-0.25, -0.2) is 4.57 Å². The smallest absolute Gasteiger partial charge is 0.396 e. The Hall–Kier alpha value is -0.0100. The maximum absolute atomic E-state index is 10.2. The molecule has 86 valence electrons. The molecule has 0 saturated heterocycles. The zero-order valence-corrected chi connectivity index (χ0v) is 8.56. The van der Waals surface area contributed by atoms with Crippen LogP contribution in [0.4, 0.5) is 0 Å². The molecule has 0 aliphatic carbocycles. The number of aliphatic hydroxyl groups is 2. The second-order valence-electron chi connectivity index (χ2n) is 2.72. The summed E-state index contributed by atoms with van der Waals surface area (Å²) in [6, 6.07) is 0. The summed E-state index contributed by atoms with van der Waals surface area (Å²) in [5.41, 5.74) is 0. The van der Waals surface area contributed by atoms with Gasteiger partial charge in [-0.2, -0.15) is 0 Å².